The van der Waals surface area contributed by atoms with Crippen LogP contribution in [0.25, 0.3) is 0 Å². The van der Waals surface area contributed by atoms with Gasteiger partial charge >= 0.3 is 0 Å². The first-order valence-corrected chi connectivity index (χ1v) is 7.42. The molecule has 0 aliphatic carbocycles. The molecule has 1 aromatic rings. The summed E-state index contributed by atoms with van der Waals surface area (Å²) in [6.07, 6.45) is 1.71. The monoisotopic (exact) mass is 281 g/mol. The van der Waals surface area contributed by atoms with E-state index in [0.29, 0.717) is 12.4 Å². The Morgan fingerprint density at radius 3 is 2.47 bits per heavy atom. The predicted octanol–water partition coefficient (Wildman–Crippen LogP) is 3.95. The van der Waals surface area contributed by atoms with Crippen LogP contribution in [0.3, 0.4) is 0 Å². The number of benzene rings is 1. The van der Waals surface area contributed by atoms with Crippen LogP contribution in [0.5, 0.6) is 0 Å². The standard InChI is InChI=1S/C16H24ClNO/c1-4-14(13-8-6-5-7-9-13)15(19)18-12-16(2,3)10-11-17/h5-9,14H,4,10-12H2,1-3H3,(H,18,19). The van der Waals surface area contributed by atoms with Crippen LogP contribution in [0.4, 0.5) is 0 Å². The van der Waals surface area contributed by atoms with Gasteiger partial charge in [-0.25, -0.2) is 0 Å². The molecule has 0 heterocycles. The van der Waals surface area contributed by atoms with Crippen molar-refractivity contribution < 1.29 is 4.79 Å². The van der Waals surface area contributed by atoms with E-state index in [9.17, 15) is 4.79 Å². The van der Waals surface area contributed by atoms with E-state index in [1.807, 2.05) is 37.3 Å². The van der Waals surface area contributed by atoms with E-state index in [1.165, 1.54) is 0 Å². The molecule has 1 atom stereocenters. The second-order valence-corrected chi connectivity index (χ2v) is 6.07. The lowest BCUT2D eigenvalue weighted by Gasteiger charge is -2.25. The molecule has 0 saturated heterocycles. The number of nitrogens with one attached hydrogen (secondary N) is 1. The van der Waals surface area contributed by atoms with E-state index in [-0.39, 0.29) is 17.2 Å². The third-order valence-electron chi connectivity index (χ3n) is 3.44. The summed E-state index contributed by atoms with van der Waals surface area (Å²) in [5.74, 6) is 0.669. The third-order valence-corrected chi connectivity index (χ3v) is 3.63. The van der Waals surface area contributed by atoms with Crippen LogP contribution in [0.1, 0.15) is 45.1 Å². The van der Waals surface area contributed by atoms with Crippen LogP contribution >= 0.6 is 11.6 Å². The molecule has 1 N–H and O–H groups in total. The Morgan fingerprint density at radius 2 is 1.95 bits per heavy atom. The number of alkyl halides is 1. The van der Waals surface area contributed by atoms with Crippen molar-refractivity contribution in [3.8, 4) is 0 Å². The summed E-state index contributed by atoms with van der Waals surface area (Å²) in [5, 5.41) is 3.06. The number of hydrogen-bond acceptors (Lipinski definition) is 1. The van der Waals surface area contributed by atoms with E-state index < -0.39 is 0 Å². The van der Waals surface area contributed by atoms with Gasteiger partial charge in [-0.15, -0.1) is 11.6 Å². The molecule has 2 nitrogen and oxygen atoms in total. The van der Waals surface area contributed by atoms with Crippen LogP contribution in [0.2, 0.25) is 0 Å². The van der Waals surface area contributed by atoms with Crippen LogP contribution < -0.4 is 5.32 Å². The van der Waals surface area contributed by atoms with Crippen LogP contribution in [-0.2, 0) is 4.79 Å². The molecule has 1 aromatic carbocycles. The number of carbonyl (C=O) groups is 1. The fourth-order valence-electron chi connectivity index (χ4n) is 2.05. The van der Waals surface area contributed by atoms with E-state index in [2.05, 4.69) is 19.2 Å². The molecular weight excluding hydrogens is 258 g/mol. The van der Waals surface area contributed by atoms with Gasteiger partial charge in [0.1, 0.15) is 0 Å². The Labute approximate surface area is 121 Å². The van der Waals surface area contributed by atoms with E-state index in [4.69, 9.17) is 11.6 Å². The molecule has 0 spiro atoms. The number of hydrogen-bond donors (Lipinski definition) is 1. The Morgan fingerprint density at radius 1 is 1.32 bits per heavy atom. The summed E-state index contributed by atoms with van der Waals surface area (Å²) >= 11 is 5.77. The Balaban J connectivity index is 2.61. The van der Waals surface area contributed by atoms with Gasteiger partial charge in [0.2, 0.25) is 5.91 Å². The molecule has 0 saturated carbocycles. The van der Waals surface area contributed by atoms with Crippen molar-refractivity contribution in [2.45, 2.75) is 39.5 Å². The average Bonchev–Trinajstić information content (AvgIpc) is 2.39. The van der Waals surface area contributed by atoms with Gasteiger partial charge in [-0.1, -0.05) is 51.1 Å². The SMILES string of the molecule is CCC(C(=O)NCC(C)(C)CCCl)c1ccccc1. The lowest BCUT2D eigenvalue weighted by Crippen LogP contribution is -2.37. The summed E-state index contributed by atoms with van der Waals surface area (Å²) < 4.78 is 0. The van der Waals surface area contributed by atoms with Gasteiger partial charge in [0.25, 0.3) is 0 Å². The maximum Gasteiger partial charge on any atom is 0.227 e. The molecular formula is C16H24ClNO. The maximum atomic E-state index is 12.3. The topological polar surface area (TPSA) is 29.1 Å². The quantitative estimate of drug-likeness (QED) is 0.753. The van der Waals surface area contributed by atoms with Gasteiger partial charge < -0.3 is 5.32 Å². The molecule has 3 heteroatoms. The minimum absolute atomic E-state index is 0.0480. The van der Waals surface area contributed by atoms with Gasteiger partial charge in [-0.05, 0) is 23.8 Å². The molecule has 1 amide bonds. The van der Waals surface area contributed by atoms with Crippen LogP contribution in [0.15, 0.2) is 30.3 Å². The number of amides is 1. The summed E-state index contributed by atoms with van der Waals surface area (Å²) in [7, 11) is 0. The van der Waals surface area contributed by atoms with Crippen molar-refractivity contribution in [2.24, 2.45) is 5.41 Å². The molecule has 19 heavy (non-hydrogen) atoms. The third kappa shape index (κ3) is 5.23. The number of halogens is 1. The Bertz CT molecular complexity index is 389. The number of rotatable bonds is 7. The first kappa shape index (κ1) is 16.0. The zero-order valence-electron chi connectivity index (χ0n) is 12.1. The lowest BCUT2D eigenvalue weighted by atomic mass is 9.89. The number of carbonyl (C=O) groups excluding carboxylic acids is 1. The molecule has 106 valence electrons. The molecule has 1 unspecified atom stereocenters. The molecule has 0 aliphatic heterocycles. The Kier molecular flexibility index (Phi) is 6.36. The van der Waals surface area contributed by atoms with Crippen molar-refractivity contribution in [3.63, 3.8) is 0 Å². The fraction of sp³-hybridized carbons (Fsp3) is 0.562. The lowest BCUT2D eigenvalue weighted by molar-refractivity contribution is -0.123. The van der Waals surface area contributed by atoms with Gasteiger partial charge in [0, 0.05) is 12.4 Å². The average molecular weight is 282 g/mol. The highest BCUT2D eigenvalue weighted by Crippen LogP contribution is 2.22. The molecule has 0 fully saturated rings. The molecule has 0 aliphatic rings. The fourth-order valence-corrected chi connectivity index (χ4v) is 2.56. The highest BCUT2D eigenvalue weighted by Gasteiger charge is 2.22. The molecule has 0 aromatic heterocycles. The van der Waals surface area contributed by atoms with Crippen molar-refractivity contribution in [2.75, 3.05) is 12.4 Å². The smallest absolute Gasteiger partial charge is 0.227 e. The Hall–Kier alpha value is -1.02. The minimum atomic E-state index is -0.0620. The summed E-state index contributed by atoms with van der Waals surface area (Å²) in [6, 6.07) is 9.94. The molecule has 0 radical (unpaired) electrons. The van der Waals surface area contributed by atoms with Gasteiger partial charge in [0.05, 0.1) is 5.92 Å². The van der Waals surface area contributed by atoms with E-state index in [0.717, 1.165) is 18.4 Å². The maximum absolute atomic E-state index is 12.3. The predicted molar refractivity (Wildman–Crippen MR) is 81.6 cm³/mol. The van der Waals surface area contributed by atoms with Gasteiger partial charge in [-0.3, -0.25) is 4.79 Å². The second-order valence-electron chi connectivity index (χ2n) is 5.69. The highest BCUT2D eigenvalue weighted by atomic mass is 35.5. The first-order chi connectivity index (χ1) is 9.00. The van der Waals surface area contributed by atoms with Crippen molar-refractivity contribution in [3.05, 3.63) is 35.9 Å². The molecule has 1 rings (SSSR count). The van der Waals surface area contributed by atoms with E-state index in [1.54, 1.807) is 0 Å². The van der Waals surface area contributed by atoms with Gasteiger partial charge in [0.15, 0.2) is 0 Å². The zero-order valence-corrected chi connectivity index (χ0v) is 12.8. The minimum Gasteiger partial charge on any atom is -0.355 e. The van der Waals surface area contributed by atoms with Crippen molar-refractivity contribution in [1.29, 1.82) is 0 Å². The largest absolute Gasteiger partial charge is 0.355 e. The normalized spacial score (nSPS) is 13.1. The van der Waals surface area contributed by atoms with Crippen molar-refractivity contribution >= 4 is 17.5 Å². The summed E-state index contributed by atoms with van der Waals surface area (Å²) in [4.78, 5) is 12.3. The molecule has 0 bridgehead atoms. The van der Waals surface area contributed by atoms with Crippen molar-refractivity contribution in [1.82, 2.24) is 5.32 Å². The zero-order chi connectivity index (χ0) is 14.3. The van der Waals surface area contributed by atoms with Crippen LogP contribution in [0, 0.1) is 5.41 Å². The highest BCUT2D eigenvalue weighted by molar-refractivity contribution is 6.17. The summed E-state index contributed by atoms with van der Waals surface area (Å²) in [5.41, 5.74) is 1.13. The van der Waals surface area contributed by atoms with E-state index >= 15 is 0 Å². The van der Waals surface area contributed by atoms with Crippen LogP contribution in [-0.4, -0.2) is 18.3 Å². The second kappa shape index (κ2) is 7.54. The summed E-state index contributed by atoms with van der Waals surface area (Å²) in [6.45, 7) is 6.96. The van der Waals surface area contributed by atoms with Gasteiger partial charge in [-0.2, -0.15) is 0 Å². The first-order valence-electron chi connectivity index (χ1n) is 6.89.